The van der Waals surface area contributed by atoms with Crippen LogP contribution >= 0.6 is 0 Å². The van der Waals surface area contributed by atoms with Crippen molar-refractivity contribution in [2.75, 3.05) is 13.7 Å². The maximum absolute atomic E-state index is 8.77. The fraction of sp³-hybridized carbons (Fsp3) is 0.500. The van der Waals surface area contributed by atoms with E-state index in [1.165, 1.54) is 11.1 Å². The van der Waals surface area contributed by atoms with Crippen LogP contribution in [0.4, 0.5) is 0 Å². The highest BCUT2D eigenvalue weighted by Crippen LogP contribution is 2.18. The Morgan fingerprint density at radius 2 is 1.93 bits per heavy atom. The summed E-state index contributed by atoms with van der Waals surface area (Å²) >= 11 is 0. The largest absolute Gasteiger partial charge is 0.396 e. The van der Waals surface area contributed by atoms with Gasteiger partial charge in [0.05, 0.1) is 0 Å². The van der Waals surface area contributed by atoms with Crippen LogP contribution in [0.15, 0.2) is 24.3 Å². The summed E-state index contributed by atoms with van der Waals surface area (Å²) in [5.41, 5.74) is 2.58. The van der Waals surface area contributed by atoms with Crippen molar-refractivity contribution in [1.82, 2.24) is 5.32 Å². The quantitative estimate of drug-likeness (QED) is 0.750. The van der Waals surface area contributed by atoms with Gasteiger partial charge in [-0.2, -0.15) is 0 Å². The maximum atomic E-state index is 8.77. The lowest BCUT2D eigenvalue weighted by Crippen LogP contribution is -2.16. The molecule has 0 aliphatic carbocycles. The van der Waals surface area contributed by atoms with Crippen molar-refractivity contribution in [3.05, 3.63) is 35.4 Å². The fourth-order valence-electron chi connectivity index (χ4n) is 1.57. The first-order chi connectivity index (χ1) is 6.77. The van der Waals surface area contributed by atoms with Crippen LogP contribution in [0.25, 0.3) is 0 Å². The Balaban J connectivity index is 2.64. The summed E-state index contributed by atoms with van der Waals surface area (Å²) < 4.78 is 0. The van der Waals surface area contributed by atoms with Gasteiger partial charge >= 0.3 is 0 Å². The normalized spacial score (nSPS) is 12.8. The number of hydrogen-bond acceptors (Lipinski definition) is 2. The first kappa shape index (κ1) is 11.2. The molecule has 1 aromatic carbocycles. The Morgan fingerprint density at radius 3 is 2.43 bits per heavy atom. The Bertz CT molecular complexity index is 256. The number of aliphatic hydroxyl groups excluding tert-OH is 1. The van der Waals surface area contributed by atoms with Crippen LogP contribution < -0.4 is 5.32 Å². The number of hydrogen-bond donors (Lipinski definition) is 2. The summed E-state index contributed by atoms with van der Waals surface area (Å²) in [5, 5.41) is 12.0. The summed E-state index contributed by atoms with van der Waals surface area (Å²) in [7, 11) is 1.96. The third kappa shape index (κ3) is 3.13. The minimum absolute atomic E-state index is 0.268. The van der Waals surface area contributed by atoms with E-state index in [1.54, 1.807) is 0 Å². The molecule has 0 aliphatic heterocycles. The number of aliphatic hydroxyl groups is 1. The molecule has 2 heteroatoms. The van der Waals surface area contributed by atoms with Gasteiger partial charge in [0.25, 0.3) is 0 Å². The molecule has 78 valence electrons. The lowest BCUT2D eigenvalue weighted by molar-refractivity contribution is 0.276. The number of aryl methyl sites for hydroxylation is 1. The molecule has 0 amide bonds. The molecule has 0 saturated carbocycles. The number of rotatable bonds is 5. The monoisotopic (exact) mass is 193 g/mol. The molecule has 0 bridgehead atoms. The highest BCUT2D eigenvalue weighted by atomic mass is 16.2. The van der Waals surface area contributed by atoms with E-state index in [0.29, 0.717) is 6.04 Å². The number of benzene rings is 1. The predicted molar refractivity (Wildman–Crippen MR) is 59.3 cm³/mol. The van der Waals surface area contributed by atoms with Crippen molar-refractivity contribution >= 4 is 0 Å². The molecule has 0 saturated heterocycles. The minimum atomic E-state index is 0.268. The zero-order chi connectivity index (χ0) is 10.4. The van der Waals surface area contributed by atoms with E-state index in [2.05, 4.69) is 36.5 Å². The van der Waals surface area contributed by atoms with Gasteiger partial charge in [-0.05, 0) is 32.4 Å². The van der Waals surface area contributed by atoms with Crippen LogP contribution in [-0.4, -0.2) is 18.8 Å². The Morgan fingerprint density at radius 1 is 1.29 bits per heavy atom. The summed E-state index contributed by atoms with van der Waals surface area (Å²) in [6.07, 6.45) is 1.83. The molecule has 0 spiro atoms. The molecule has 0 radical (unpaired) electrons. The fourth-order valence-corrected chi connectivity index (χ4v) is 1.57. The van der Waals surface area contributed by atoms with Gasteiger partial charge in [0, 0.05) is 12.6 Å². The highest BCUT2D eigenvalue weighted by Gasteiger charge is 2.07. The molecule has 0 aliphatic rings. The highest BCUT2D eigenvalue weighted by molar-refractivity contribution is 5.23. The molecular formula is C12H19NO. The van der Waals surface area contributed by atoms with E-state index in [4.69, 9.17) is 5.11 Å². The molecular weight excluding hydrogens is 174 g/mol. The Hall–Kier alpha value is -0.860. The van der Waals surface area contributed by atoms with E-state index in [1.807, 2.05) is 7.05 Å². The molecule has 1 rings (SSSR count). The minimum Gasteiger partial charge on any atom is -0.396 e. The van der Waals surface area contributed by atoms with E-state index in [0.717, 1.165) is 12.8 Å². The Kier molecular flexibility index (Phi) is 4.63. The van der Waals surface area contributed by atoms with E-state index in [9.17, 15) is 0 Å². The van der Waals surface area contributed by atoms with Crippen LogP contribution in [0, 0.1) is 6.92 Å². The average molecular weight is 193 g/mol. The molecule has 1 unspecified atom stereocenters. The van der Waals surface area contributed by atoms with Crippen molar-refractivity contribution in [3.8, 4) is 0 Å². The molecule has 0 fully saturated rings. The zero-order valence-electron chi connectivity index (χ0n) is 8.96. The SMILES string of the molecule is CNC(CCCO)c1ccc(C)cc1. The third-order valence-corrected chi connectivity index (χ3v) is 2.48. The van der Waals surface area contributed by atoms with Gasteiger partial charge in [-0.3, -0.25) is 0 Å². The lowest BCUT2D eigenvalue weighted by atomic mass is 10.0. The second-order valence-corrected chi connectivity index (χ2v) is 3.62. The van der Waals surface area contributed by atoms with Gasteiger partial charge in [0.2, 0.25) is 0 Å². The van der Waals surface area contributed by atoms with Crippen molar-refractivity contribution < 1.29 is 5.11 Å². The van der Waals surface area contributed by atoms with Crippen molar-refractivity contribution in [3.63, 3.8) is 0 Å². The van der Waals surface area contributed by atoms with Crippen molar-refractivity contribution in [2.45, 2.75) is 25.8 Å². The second kappa shape index (κ2) is 5.78. The molecule has 0 aromatic heterocycles. The summed E-state index contributed by atoms with van der Waals surface area (Å²) in [6, 6.07) is 8.90. The smallest absolute Gasteiger partial charge is 0.0431 e. The first-order valence-corrected chi connectivity index (χ1v) is 5.12. The van der Waals surface area contributed by atoms with Crippen molar-refractivity contribution in [1.29, 1.82) is 0 Å². The second-order valence-electron chi connectivity index (χ2n) is 3.62. The molecule has 1 atom stereocenters. The molecule has 1 aromatic rings. The summed E-state index contributed by atoms with van der Waals surface area (Å²) in [5.74, 6) is 0. The molecule has 2 N–H and O–H groups in total. The number of nitrogens with one attached hydrogen (secondary N) is 1. The van der Waals surface area contributed by atoms with Gasteiger partial charge < -0.3 is 10.4 Å². The van der Waals surface area contributed by atoms with E-state index in [-0.39, 0.29) is 6.61 Å². The Labute approximate surface area is 86.0 Å². The van der Waals surface area contributed by atoms with Crippen LogP contribution in [0.5, 0.6) is 0 Å². The molecule has 14 heavy (non-hydrogen) atoms. The summed E-state index contributed by atoms with van der Waals surface area (Å²) in [6.45, 7) is 2.36. The van der Waals surface area contributed by atoms with E-state index < -0.39 is 0 Å². The lowest BCUT2D eigenvalue weighted by Gasteiger charge is -2.16. The first-order valence-electron chi connectivity index (χ1n) is 5.12. The van der Waals surface area contributed by atoms with E-state index >= 15 is 0 Å². The summed E-state index contributed by atoms with van der Waals surface area (Å²) in [4.78, 5) is 0. The zero-order valence-corrected chi connectivity index (χ0v) is 8.96. The van der Waals surface area contributed by atoms with Gasteiger partial charge in [0.15, 0.2) is 0 Å². The van der Waals surface area contributed by atoms with Crippen LogP contribution in [0.1, 0.15) is 30.0 Å². The van der Waals surface area contributed by atoms with Crippen LogP contribution in [0.3, 0.4) is 0 Å². The molecule has 0 heterocycles. The predicted octanol–water partition coefficient (Wildman–Crippen LogP) is 2.03. The topological polar surface area (TPSA) is 32.3 Å². The maximum Gasteiger partial charge on any atom is 0.0431 e. The standard InChI is InChI=1S/C12H19NO/c1-10-5-7-11(8-6-10)12(13-2)4-3-9-14/h5-8,12-14H,3-4,9H2,1-2H3. The van der Waals surface area contributed by atoms with Crippen LogP contribution in [-0.2, 0) is 0 Å². The molecule has 2 nitrogen and oxygen atoms in total. The average Bonchev–Trinajstić information content (AvgIpc) is 2.21. The third-order valence-electron chi connectivity index (χ3n) is 2.48. The van der Waals surface area contributed by atoms with Gasteiger partial charge in [-0.1, -0.05) is 29.8 Å². The van der Waals surface area contributed by atoms with Crippen molar-refractivity contribution in [2.24, 2.45) is 0 Å². The van der Waals surface area contributed by atoms with Gasteiger partial charge in [-0.25, -0.2) is 0 Å². The van der Waals surface area contributed by atoms with Gasteiger partial charge in [-0.15, -0.1) is 0 Å². The van der Waals surface area contributed by atoms with Crippen LogP contribution in [0.2, 0.25) is 0 Å². The van der Waals surface area contributed by atoms with Gasteiger partial charge in [0.1, 0.15) is 0 Å².